The number of carbonyl (C=O) groups excluding carboxylic acids is 1. The van der Waals surface area contributed by atoms with Crippen LogP contribution in [0.1, 0.15) is 18.2 Å². The molecule has 3 aromatic rings. The molecule has 6 nitrogen and oxygen atoms in total. The van der Waals surface area contributed by atoms with E-state index in [1.165, 1.54) is 11.8 Å². The van der Waals surface area contributed by atoms with Crippen molar-refractivity contribution in [1.82, 2.24) is 9.78 Å². The fourth-order valence-electron chi connectivity index (χ4n) is 2.76. The third-order valence-corrected chi connectivity index (χ3v) is 4.83. The van der Waals surface area contributed by atoms with Crippen molar-refractivity contribution in [2.75, 3.05) is 7.11 Å². The minimum atomic E-state index is -0.468. The summed E-state index contributed by atoms with van der Waals surface area (Å²) in [5.41, 5.74) is 2.04. The highest BCUT2D eigenvalue weighted by molar-refractivity contribution is 6.42. The summed E-state index contributed by atoms with van der Waals surface area (Å²) in [7, 11) is 1.30. The average Bonchev–Trinajstić information content (AvgIpc) is 3.01. The molecule has 0 atom stereocenters. The van der Waals surface area contributed by atoms with Crippen molar-refractivity contribution in [3.63, 3.8) is 0 Å². The predicted octanol–water partition coefficient (Wildman–Crippen LogP) is 4.33. The first kappa shape index (κ1) is 19.9. The van der Waals surface area contributed by atoms with Gasteiger partial charge < -0.3 is 4.74 Å². The number of aromatic amines is 1. The van der Waals surface area contributed by atoms with Crippen LogP contribution in [0.25, 0.3) is 5.69 Å². The Morgan fingerprint density at radius 2 is 1.86 bits per heavy atom. The molecule has 2 aromatic carbocycles. The van der Waals surface area contributed by atoms with Gasteiger partial charge in [0.2, 0.25) is 0 Å². The molecule has 1 heterocycles. The molecule has 0 saturated carbocycles. The molecule has 0 amide bonds. The zero-order valence-electron chi connectivity index (χ0n) is 15.2. The molecular weight excluding hydrogens is 401 g/mol. The molecule has 1 aromatic heterocycles. The van der Waals surface area contributed by atoms with Gasteiger partial charge in [0, 0.05) is 0 Å². The number of nitrogens with zero attached hydrogens (tertiary/aromatic N) is 2. The standard InChI is InChI=1S/C20H17Cl2N3O3/c1-12(23-13-8-9-15(21)16(22)10-13)19-17(11-18(26)28-2)24-25(20(19)27)14-6-4-3-5-7-14/h3-10,24H,11H2,1-2H3. The van der Waals surface area contributed by atoms with Crippen molar-refractivity contribution in [3.8, 4) is 5.69 Å². The first-order chi connectivity index (χ1) is 13.4. The number of nitrogens with one attached hydrogen (secondary N) is 1. The summed E-state index contributed by atoms with van der Waals surface area (Å²) in [6.07, 6.45) is -0.0882. The number of hydrogen-bond donors (Lipinski definition) is 1. The molecular formula is C20H17Cl2N3O3. The van der Waals surface area contributed by atoms with Crippen LogP contribution in [-0.4, -0.2) is 28.6 Å². The zero-order chi connectivity index (χ0) is 20.3. The number of benzene rings is 2. The number of para-hydroxylation sites is 1. The molecule has 0 aliphatic heterocycles. The van der Waals surface area contributed by atoms with E-state index >= 15 is 0 Å². The van der Waals surface area contributed by atoms with Crippen molar-refractivity contribution >= 4 is 40.6 Å². The highest BCUT2D eigenvalue weighted by atomic mass is 35.5. The van der Waals surface area contributed by atoms with Crippen LogP contribution >= 0.6 is 23.2 Å². The highest BCUT2D eigenvalue weighted by Crippen LogP contribution is 2.27. The lowest BCUT2D eigenvalue weighted by atomic mass is 10.1. The van der Waals surface area contributed by atoms with E-state index in [0.29, 0.717) is 38.4 Å². The number of carbonyl (C=O) groups is 1. The van der Waals surface area contributed by atoms with Gasteiger partial charge in [0.15, 0.2) is 0 Å². The molecule has 0 aliphatic carbocycles. The quantitative estimate of drug-likeness (QED) is 0.495. The molecule has 0 radical (unpaired) electrons. The van der Waals surface area contributed by atoms with Gasteiger partial charge in [-0.15, -0.1) is 0 Å². The van der Waals surface area contributed by atoms with Gasteiger partial charge in [-0.2, -0.15) is 0 Å². The number of methoxy groups -OCH3 is 1. The van der Waals surface area contributed by atoms with Crippen LogP contribution in [0.5, 0.6) is 0 Å². The van der Waals surface area contributed by atoms with Crippen molar-refractivity contribution in [2.45, 2.75) is 13.3 Å². The Morgan fingerprint density at radius 3 is 2.50 bits per heavy atom. The van der Waals surface area contributed by atoms with E-state index < -0.39 is 5.97 Å². The smallest absolute Gasteiger partial charge is 0.311 e. The van der Waals surface area contributed by atoms with Crippen LogP contribution in [0, 0.1) is 0 Å². The molecule has 0 bridgehead atoms. The van der Waals surface area contributed by atoms with E-state index in [2.05, 4.69) is 10.1 Å². The van der Waals surface area contributed by atoms with Crippen LogP contribution in [0.2, 0.25) is 10.0 Å². The van der Waals surface area contributed by atoms with Gasteiger partial charge in [-0.25, -0.2) is 4.68 Å². The Bertz CT molecular complexity index is 1100. The van der Waals surface area contributed by atoms with Crippen molar-refractivity contribution in [3.05, 3.63) is 80.2 Å². The second kappa shape index (κ2) is 8.46. The summed E-state index contributed by atoms with van der Waals surface area (Å²) < 4.78 is 6.13. The molecule has 28 heavy (non-hydrogen) atoms. The normalized spacial score (nSPS) is 11.5. The Morgan fingerprint density at radius 1 is 1.14 bits per heavy atom. The summed E-state index contributed by atoms with van der Waals surface area (Å²) >= 11 is 12.0. The number of aliphatic imine (C=N–C) groups is 1. The molecule has 8 heteroatoms. The fourth-order valence-corrected chi connectivity index (χ4v) is 3.06. The van der Waals surface area contributed by atoms with Gasteiger partial charge in [-0.3, -0.25) is 19.7 Å². The molecule has 1 N–H and O–H groups in total. The second-order valence-electron chi connectivity index (χ2n) is 5.99. The minimum absolute atomic E-state index is 0.0882. The van der Waals surface area contributed by atoms with Gasteiger partial charge in [-0.05, 0) is 37.3 Å². The fraction of sp³-hybridized carbons (Fsp3) is 0.150. The maximum absolute atomic E-state index is 13.1. The molecule has 3 rings (SSSR count). The Balaban J connectivity index is 2.13. The summed E-state index contributed by atoms with van der Waals surface area (Å²) in [6.45, 7) is 1.70. The van der Waals surface area contributed by atoms with E-state index in [9.17, 15) is 9.59 Å². The number of aromatic nitrogens is 2. The van der Waals surface area contributed by atoms with Gasteiger partial charge in [0.05, 0.1) is 51.9 Å². The number of hydrogen-bond acceptors (Lipinski definition) is 4. The predicted molar refractivity (Wildman–Crippen MR) is 110 cm³/mol. The van der Waals surface area contributed by atoms with Crippen molar-refractivity contribution < 1.29 is 9.53 Å². The Kier molecular flexibility index (Phi) is 6.02. The summed E-state index contributed by atoms with van der Waals surface area (Å²) in [4.78, 5) is 29.4. The van der Waals surface area contributed by atoms with Gasteiger partial charge in [0.25, 0.3) is 5.56 Å². The number of halogens is 2. The number of H-pyrrole nitrogens is 1. The first-order valence-corrected chi connectivity index (χ1v) is 9.13. The van der Waals surface area contributed by atoms with Gasteiger partial charge in [-0.1, -0.05) is 41.4 Å². The monoisotopic (exact) mass is 417 g/mol. The molecule has 0 spiro atoms. The zero-order valence-corrected chi connectivity index (χ0v) is 16.7. The van der Waals surface area contributed by atoms with E-state index in [-0.39, 0.29) is 12.0 Å². The minimum Gasteiger partial charge on any atom is -0.469 e. The average molecular weight is 418 g/mol. The lowest BCUT2D eigenvalue weighted by molar-refractivity contribution is -0.139. The van der Waals surface area contributed by atoms with Gasteiger partial charge >= 0.3 is 5.97 Å². The van der Waals surface area contributed by atoms with E-state index in [4.69, 9.17) is 27.9 Å². The maximum atomic E-state index is 13.1. The van der Waals surface area contributed by atoms with E-state index in [0.717, 1.165) is 0 Å². The summed E-state index contributed by atoms with van der Waals surface area (Å²) in [5.74, 6) is -0.468. The van der Waals surface area contributed by atoms with Crippen LogP contribution in [0.4, 0.5) is 5.69 Å². The summed E-state index contributed by atoms with van der Waals surface area (Å²) in [5, 5.41) is 3.77. The Hall–Kier alpha value is -2.83. The van der Waals surface area contributed by atoms with Crippen molar-refractivity contribution in [2.24, 2.45) is 4.99 Å². The van der Waals surface area contributed by atoms with Gasteiger partial charge in [0.1, 0.15) is 0 Å². The Labute approximate surface area is 171 Å². The largest absolute Gasteiger partial charge is 0.469 e. The van der Waals surface area contributed by atoms with Crippen LogP contribution < -0.4 is 5.56 Å². The third-order valence-electron chi connectivity index (χ3n) is 4.09. The highest BCUT2D eigenvalue weighted by Gasteiger charge is 2.20. The SMILES string of the molecule is COC(=O)Cc1[nH]n(-c2ccccc2)c(=O)c1C(C)=Nc1ccc(Cl)c(Cl)c1. The summed E-state index contributed by atoms with van der Waals surface area (Å²) in [6, 6.07) is 14.0. The number of ether oxygens (including phenoxy) is 1. The van der Waals surface area contributed by atoms with E-state index in [1.807, 2.05) is 18.2 Å². The van der Waals surface area contributed by atoms with Crippen LogP contribution in [0.3, 0.4) is 0 Å². The number of rotatable bonds is 5. The molecule has 0 fully saturated rings. The molecule has 144 valence electrons. The van der Waals surface area contributed by atoms with Crippen molar-refractivity contribution in [1.29, 1.82) is 0 Å². The lowest BCUT2D eigenvalue weighted by Crippen LogP contribution is -2.20. The molecule has 0 unspecified atom stereocenters. The van der Waals surface area contributed by atoms with E-state index in [1.54, 1.807) is 37.3 Å². The molecule has 0 saturated heterocycles. The first-order valence-electron chi connectivity index (χ1n) is 8.37. The van der Waals surface area contributed by atoms with Crippen LogP contribution in [0.15, 0.2) is 58.3 Å². The van der Waals surface area contributed by atoms with Crippen LogP contribution in [-0.2, 0) is 16.0 Å². The number of esters is 1. The maximum Gasteiger partial charge on any atom is 0.311 e. The second-order valence-corrected chi connectivity index (χ2v) is 6.80. The lowest BCUT2D eigenvalue weighted by Gasteiger charge is -2.03. The third kappa shape index (κ3) is 4.18. The molecule has 0 aliphatic rings. The topological polar surface area (TPSA) is 76.5 Å².